The van der Waals surface area contributed by atoms with Crippen LogP contribution in [0.25, 0.3) is 11.4 Å². The molecule has 7 heteroatoms. The fourth-order valence-corrected chi connectivity index (χ4v) is 2.44. The number of benzene rings is 1. The van der Waals surface area contributed by atoms with E-state index in [1.807, 2.05) is 18.2 Å². The second kappa shape index (κ2) is 8.06. The predicted octanol–water partition coefficient (Wildman–Crippen LogP) is 2.52. The largest absolute Gasteiger partial charge is 0.496 e. The van der Waals surface area contributed by atoms with Crippen molar-refractivity contribution in [3.8, 4) is 17.1 Å². The number of hydrogen-bond acceptors (Lipinski definition) is 6. The first-order chi connectivity index (χ1) is 12.7. The smallest absolute Gasteiger partial charge is 0.255 e. The lowest BCUT2D eigenvalue weighted by molar-refractivity contribution is 0.0947. The lowest BCUT2D eigenvalue weighted by Crippen LogP contribution is -2.24. The fraction of sp³-hybridized carbons (Fsp3) is 0.158. The van der Waals surface area contributed by atoms with Crippen LogP contribution in [-0.4, -0.2) is 35.0 Å². The van der Waals surface area contributed by atoms with E-state index in [4.69, 9.17) is 4.74 Å². The number of hydrogen-bond donors (Lipinski definition) is 2. The van der Waals surface area contributed by atoms with Gasteiger partial charge in [0.25, 0.3) is 5.91 Å². The van der Waals surface area contributed by atoms with Crippen LogP contribution in [0.2, 0.25) is 0 Å². The highest BCUT2D eigenvalue weighted by molar-refractivity contribution is 5.96. The van der Waals surface area contributed by atoms with Gasteiger partial charge < -0.3 is 15.4 Å². The van der Waals surface area contributed by atoms with E-state index in [0.29, 0.717) is 28.6 Å². The van der Waals surface area contributed by atoms with Crippen molar-refractivity contribution in [2.24, 2.45) is 0 Å². The summed E-state index contributed by atoms with van der Waals surface area (Å²) in [5, 5.41) is 5.89. The Morgan fingerprint density at radius 2 is 1.88 bits per heavy atom. The maximum absolute atomic E-state index is 12.4. The molecule has 0 aliphatic heterocycles. The molecular formula is C19H19N5O2. The molecule has 0 saturated heterocycles. The van der Waals surface area contributed by atoms with Crippen LogP contribution in [0.3, 0.4) is 0 Å². The summed E-state index contributed by atoms with van der Waals surface area (Å²) in [7, 11) is 3.33. The van der Waals surface area contributed by atoms with Crippen LogP contribution < -0.4 is 15.4 Å². The van der Waals surface area contributed by atoms with Crippen LogP contribution in [0, 0.1) is 0 Å². The van der Waals surface area contributed by atoms with Gasteiger partial charge in [0.05, 0.1) is 24.9 Å². The van der Waals surface area contributed by atoms with Crippen molar-refractivity contribution in [1.82, 2.24) is 20.3 Å². The molecule has 1 aromatic carbocycles. The van der Waals surface area contributed by atoms with Gasteiger partial charge in [0.2, 0.25) is 0 Å². The first-order valence-corrected chi connectivity index (χ1v) is 8.08. The molecule has 0 radical (unpaired) electrons. The Hall–Kier alpha value is -3.48. The van der Waals surface area contributed by atoms with E-state index < -0.39 is 0 Å². The number of methoxy groups -OCH3 is 1. The highest BCUT2D eigenvalue weighted by Crippen LogP contribution is 2.19. The zero-order valence-corrected chi connectivity index (χ0v) is 14.6. The van der Waals surface area contributed by atoms with Gasteiger partial charge >= 0.3 is 0 Å². The van der Waals surface area contributed by atoms with Gasteiger partial charge in [-0.1, -0.05) is 12.1 Å². The van der Waals surface area contributed by atoms with Gasteiger partial charge in [-0.2, -0.15) is 0 Å². The fourth-order valence-electron chi connectivity index (χ4n) is 2.44. The van der Waals surface area contributed by atoms with Crippen molar-refractivity contribution >= 4 is 11.7 Å². The van der Waals surface area contributed by atoms with Crippen LogP contribution in [0.1, 0.15) is 16.1 Å². The summed E-state index contributed by atoms with van der Waals surface area (Å²) in [5.74, 6) is 1.55. The van der Waals surface area contributed by atoms with Crippen molar-refractivity contribution in [3.05, 3.63) is 66.1 Å². The van der Waals surface area contributed by atoms with Gasteiger partial charge in [-0.3, -0.25) is 9.78 Å². The molecule has 3 rings (SSSR count). The van der Waals surface area contributed by atoms with E-state index >= 15 is 0 Å². The molecule has 2 heterocycles. The minimum absolute atomic E-state index is 0.225. The number of pyridine rings is 1. The summed E-state index contributed by atoms with van der Waals surface area (Å²) in [6.45, 7) is 0.270. The number of nitrogens with zero attached hydrogens (tertiary/aromatic N) is 3. The molecular weight excluding hydrogens is 330 g/mol. The number of para-hydroxylation sites is 1. The molecule has 0 fully saturated rings. The molecule has 0 bridgehead atoms. The summed E-state index contributed by atoms with van der Waals surface area (Å²) in [6.07, 6.45) is 3.38. The highest BCUT2D eigenvalue weighted by Gasteiger charge is 2.12. The number of carbonyl (C=O) groups is 1. The van der Waals surface area contributed by atoms with Crippen LogP contribution in [-0.2, 0) is 6.54 Å². The van der Waals surface area contributed by atoms with E-state index in [1.54, 1.807) is 43.7 Å². The topological polar surface area (TPSA) is 89.0 Å². The molecule has 0 unspecified atom stereocenters. The average Bonchev–Trinajstić information content (AvgIpc) is 2.72. The predicted molar refractivity (Wildman–Crippen MR) is 99.0 cm³/mol. The summed E-state index contributed by atoms with van der Waals surface area (Å²) in [5.41, 5.74) is 2.03. The van der Waals surface area contributed by atoms with Crippen LogP contribution in [0.4, 0.5) is 5.82 Å². The lowest BCUT2D eigenvalue weighted by Gasteiger charge is -2.11. The van der Waals surface area contributed by atoms with Crippen molar-refractivity contribution in [2.45, 2.75) is 6.54 Å². The average molecular weight is 349 g/mol. The minimum Gasteiger partial charge on any atom is -0.496 e. The van der Waals surface area contributed by atoms with Crippen molar-refractivity contribution in [2.75, 3.05) is 19.5 Å². The number of aromatic nitrogens is 3. The monoisotopic (exact) mass is 349 g/mol. The first kappa shape index (κ1) is 17.3. The second-order valence-corrected chi connectivity index (χ2v) is 5.44. The zero-order chi connectivity index (χ0) is 18.4. The number of amides is 1. The van der Waals surface area contributed by atoms with Crippen LogP contribution in [0.5, 0.6) is 5.75 Å². The number of rotatable bonds is 6. The van der Waals surface area contributed by atoms with Gasteiger partial charge in [0, 0.05) is 31.1 Å². The molecule has 26 heavy (non-hydrogen) atoms. The standard InChI is InChI=1S/C19H19N5O2/c1-20-17-11-14(23-18(24-17)13-7-9-21-10-8-13)12-22-19(25)15-5-3-4-6-16(15)26-2/h3-11H,12H2,1-2H3,(H,22,25)(H,20,23,24). The third kappa shape index (κ3) is 3.94. The van der Waals surface area contributed by atoms with Gasteiger partial charge in [-0.15, -0.1) is 0 Å². The SMILES string of the molecule is CNc1cc(CNC(=O)c2ccccc2OC)nc(-c2ccncc2)n1. The Bertz CT molecular complexity index is 899. The van der Waals surface area contributed by atoms with Gasteiger partial charge in [0.1, 0.15) is 11.6 Å². The molecule has 132 valence electrons. The second-order valence-electron chi connectivity index (χ2n) is 5.44. The van der Waals surface area contributed by atoms with Gasteiger partial charge in [0.15, 0.2) is 5.82 Å². The number of nitrogens with one attached hydrogen (secondary N) is 2. The Labute approximate surface area is 151 Å². The minimum atomic E-state index is -0.225. The first-order valence-electron chi connectivity index (χ1n) is 8.08. The third-order valence-corrected chi connectivity index (χ3v) is 3.76. The van der Waals surface area contributed by atoms with E-state index in [1.165, 1.54) is 7.11 Å². The molecule has 0 saturated carbocycles. The molecule has 2 N–H and O–H groups in total. The molecule has 1 amide bonds. The molecule has 3 aromatic rings. The number of anilines is 1. The summed E-state index contributed by atoms with van der Waals surface area (Å²) in [6, 6.07) is 12.6. The highest BCUT2D eigenvalue weighted by atomic mass is 16.5. The summed E-state index contributed by atoms with van der Waals surface area (Å²) < 4.78 is 5.23. The Balaban J connectivity index is 1.80. The maximum atomic E-state index is 12.4. The molecule has 7 nitrogen and oxygen atoms in total. The van der Waals surface area contributed by atoms with E-state index in [9.17, 15) is 4.79 Å². The maximum Gasteiger partial charge on any atom is 0.255 e. The van der Waals surface area contributed by atoms with Gasteiger partial charge in [-0.25, -0.2) is 9.97 Å². The van der Waals surface area contributed by atoms with E-state index in [-0.39, 0.29) is 12.5 Å². The van der Waals surface area contributed by atoms with Crippen molar-refractivity contribution in [3.63, 3.8) is 0 Å². The van der Waals surface area contributed by atoms with Crippen molar-refractivity contribution < 1.29 is 9.53 Å². The number of ether oxygens (including phenoxy) is 1. The number of carbonyl (C=O) groups excluding carboxylic acids is 1. The summed E-state index contributed by atoms with van der Waals surface area (Å²) >= 11 is 0. The zero-order valence-electron chi connectivity index (χ0n) is 14.6. The van der Waals surface area contributed by atoms with Crippen LogP contribution >= 0.6 is 0 Å². The molecule has 0 aliphatic rings. The Kier molecular flexibility index (Phi) is 5.38. The third-order valence-electron chi connectivity index (χ3n) is 3.76. The molecule has 0 spiro atoms. The quantitative estimate of drug-likeness (QED) is 0.711. The normalized spacial score (nSPS) is 10.2. The van der Waals surface area contributed by atoms with Gasteiger partial charge in [-0.05, 0) is 24.3 Å². The van der Waals surface area contributed by atoms with Crippen molar-refractivity contribution in [1.29, 1.82) is 0 Å². The Morgan fingerprint density at radius 3 is 2.62 bits per heavy atom. The molecule has 0 atom stereocenters. The Morgan fingerprint density at radius 1 is 1.12 bits per heavy atom. The summed E-state index contributed by atoms with van der Waals surface area (Å²) in [4.78, 5) is 25.4. The van der Waals surface area contributed by atoms with E-state index in [0.717, 1.165) is 5.56 Å². The molecule has 0 aliphatic carbocycles. The van der Waals surface area contributed by atoms with Crippen LogP contribution in [0.15, 0.2) is 54.9 Å². The van der Waals surface area contributed by atoms with E-state index in [2.05, 4.69) is 25.6 Å². The lowest BCUT2D eigenvalue weighted by atomic mass is 10.2. The molecule has 2 aromatic heterocycles.